The molecule has 10 heteroatoms. The lowest BCUT2D eigenvalue weighted by Gasteiger charge is -2.19. The number of H-pyrrole nitrogens is 1. The highest BCUT2D eigenvalue weighted by atomic mass is 32.2. The maximum atomic E-state index is 12.7. The van der Waals surface area contributed by atoms with E-state index in [1.165, 1.54) is 11.8 Å². The van der Waals surface area contributed by atoms with Crippen LogP contribution in [0.5, 0.6) is 11.5 Å². The number of hydrogen-bond acceptors (Lipinski definition) is 8. The van der Waals surface area contributed by atoms with E-state index in [0.717, 1.165) is 34.8 Å². The molecule has 0 atom stereocenters. The number of methoxy groups -OCH3 is 1. The molecular weight excluding hydrogens is 572 g/mol. The normalized spacial score (nSPS) is 10.6. The number of pyridine rings is 1. The molecule has 0 unspecified atom stereocenters. The predicted octanol–water partition coefficient (Wildman–Crippen LogP) is 6.81. The number of anilines is 2. The van der Waals surface area contributed by atoms with E-state index in [-0.39, 0.29) is 5.69 Å². The molecule has 5 rings (SSSR count). The Hall–Kier alpha value is -5.27. The monoisotopic (exact) mass is 604 g/mol. The van der Waals surface area contributed by atoms with Crippen molar-refractivity contribution in [3.8, 4) is 22.8 Å². The zero-order valence-corrected chi connectivity index (χ0v) is 25.3. The average Bonchev–Trinajstić information content (AvgIpc) is 3.07. The van der Waals surface area contributed by atoms with E-state index in [4.69, 9.17) is 16.0 Å². The van der Waals surface area contributed by atoms with Gasteiger partial charge in [0.15, 0.2) is 5.16 Å². The Kier molecular flexibility index (Phi) is 10.1. The average molecular weight is 605 g/mol. The van der Waals surface area contributed by atoms with E-state index >= 15 is 0 Å². The first-order valence-electron chi connectivity index (χ1n) is 14.0. The highest BCUT2D eigenvalue weighted by molar-refractivity contribution is 7.98. The summed E-state index contributed by atoms with van der Waals surface area (Å²) in [6, 6.07) is 27.4. The fourth-order valence-electron chi connectivity index (χ4n) is 4.45. The Balaban J connectivity index is 1.15. The summed E-state index contributed by atoms with van der Waals surface area (Å²) in [4.78, 5) is 29.7. The van der Waals surface area contributed by atoms with E-state index < -0.39 is 5.56 Å². The van der Waals surface area contributed by atoms with Gasteiger partial charge in [-0.3, -0.25) is 9.78 Å². The highest BCUT2D eigenvalue weighted by Gasteiger charge is 2.15. The van der Waals surface area contributed by atoms with Crippen LogP contribution in [0.4, 0.5) is 17.1 Å². The molecule has 2 heterocycles. The lowest BCUT2D eigenvalue weighted by Crippen LogP contribution is -2.23. The smallest absolute Gasteiger partial charge is 0.276 e. The van der Waals surface area contributed by atoms with E-state index in [2.05, 4.69) is 48.2 Å². The Morgan fingerprint density at radius 2 is 1.77 bits per heavy atom. The molecule has 9 nitrogen and oxygen atoms in total. The van der Waals surface area contributed by atoms with Gasteiger partial charge in [0.2, 0.25) is 0 Å². The zero-order chi connectivity index (χ0) is 30.7. The van der Waals surface area contributed by atoms with E-state index in [0.29, 0.717) is 41.1 Å². The number of likely N-dealkylation sites (N-methyl/N-ethyl adjacent to an activating group) is 1. The SMILES string of the molecule is [C-]#[N+]c1c(-c2cccc(OC)c2)nc(SCc2cccc(NCc3ccc(OCCN(C)c4ccncc4)cc3)c2)[nH]c1=O. The van der Waals surface area contributed by atoms with Gasteiger partial charge in [-0.05, 0) is 65.2 Å². The maximum absolute atomic E-state index is 12.7. The summed E-state index contributed by atoms with van der Waals surface area (Å²) < 4.78 is 11.2. The fraction of sp³-hybridized carbons (Fsp3) is 0.176. The third kappa shape index (κ3) is 7.96. The first-order valence-corrected chi connectivity index (χ1v) is 15.0. The zero-order valence-electron chi connectivity index (χ0n) is 24.5. The summed E-state index contributed by atoms with van der Waals surface area (Å²) in [7, 11) is 3.61. The van der Waals surface area contributed by atoms with Crippen LogP contribution in [0.1, 0.15) is 11.1 Å². The molecule has 0 fully saturated rings. The summed E-state index contributed by atoms with van der Waals surface area (Å²) in [5.74, 6) is 2.06. The molecule has 0 bridgehead atoms. The lowest BCUT2D eigenvalue weighted by atomic mass is 10.1. The number of ether oxygens (including phenoxy) is 2. The van der Waals surface area contributed by atoms with Gasteiger partial charge in [-0.25, -0.2) is 9.83 Å². The largest absolute Gasteiger partial charge is 0.497 e. The molecule has 0 radical (unpaired) electrons. The number of nitrogens with zero attached hydrogens (tertiary/aromatic N) is 4. The molecule has 2 N–H and O–H groups in total. The molecule has 0 saturated heterocycles. The number of nitrogens with one attached hydrogen (secondary N) is 2. The van der Waals surface area contributed by atoms with Gasteiger partial charge in [-0.15, -0.1) is 0 Å². The Labute approximate surface area is 260 Å². The van der Waals surface area contributed by atoms with Gasteiger partial charge in [0.05, 0.1) is 25.9 Å². The number of hydrogen-bond donors (Lipinski definition) is 2. The maximum Gasteiger partial charge on any atom is 0.276 e. The summed E-state index contributed by atoms with van der Waals surface area (Å²) in [5, 5.41) is 3.93. The standard InChI is InChI=1S/C34H32N6O3S/c1-35-32-31(26-7-5-9-30(21-26)42-3)38-34(39-33(32)41)44-23-25-6-4-8-27(20-25)37-22-24-10-12-29(13-11-24)43-19-18-40(2)28-14-16-36-17-15-28/h4-17,20-21,37H,18-19,22-23H2,2-3H3,(H,38,39,41). The topological polar surface area (TPSA) is 96.7 Å². The first-order chi connectivity index (χ1) is 21.5. The summed E-state index contributed by atoms with van der Waals surface area (Å²) in [5.41, 5.74) is 4.80. The van der Waals surface area contributed by atoms with Gasteiger partial charge in [-0.2, -0.15) is 0 Å². The van der Waals surface area contributed by atoms with Crippen LogP contribution in [0.3, 0.4) is 0 Å². The summed E-state index contributed by atoms with van der Waals surface area (Å²) in [6.45, 7) is 9.51. The van der Waals surface area contributed by atoms with Crippen molar-refractivity contribution in [2.75, 3.05) is 37.5 Å². The summed E-state index contributed by atoms with van der Waals surface area (Å²) in [6.07, 6.45) is 3.57. The van der Waals surface area contributed by atoms with Crippen LogP contribution in [0.15, 0.2) is 107 Å². The number of thioether (sulfide) groups is 1. The minimum Gasteiger partial charge on any atom is -0.497 e. The molecular formula is C34H32N6O3S. The van der Waals surface area contributed by atoms with Crippen molar-refractivity contribution in [3.63, 3.8) is 0 Å². The molecule has 2 aromatic heterocycles. The molecule has 44 heavy (non-hydrogen) atoms. The Morgan fingerprint density at radius 1 is 0.977 bits per heavy atom. The van der Waals surface area contributed by atoms with Gasteiger partial charge < -0.3 is 24.7 Å². The molecule has 0 aliphatic carbocycles. The van der Waals surface area contributed by atoms with Crippen molar-refractivity contribution in [3.05, 3.63) is 130 Å². The van der Waals surface area contributed by atoms with Crippen molar-refractivity contribution in [2.24, 2.45) is 0 Å². The number of aromatic amines is 1. The molecule has 5 aromatic rings. The number of benzene rings is 3. The predicted molar refractivity (Wildman–Crippen MR) is 176 cm³/mol. The van der Waals surface area contributed by atoms with Crippen LogP contribution in [0.25, 0.3) is 16.1 Å². The van der Waals surface area contributed by atoms with Crippen molar-refractivity contribution in [2.45, 2.75) is 17.5 Å². The quantitative estimate of drug-likeness (QED) is 0.0860. The van der Waals surface area contributed by atoms with Crippen molar-refractivity contribution >= 4 is 28.8 Å². The van der Waals surface area contributed by atoms with Gasteiger partial charge in [-0.1, -0.05) is 48.2 Å². The van der Waals surface area contributed by atoms with Gasteiger partial charge in [0.25, 0.3) is 11.2 Å². The number of aromatic nitrogens is 3. The van der Waals surface area contributed by atoms with E-state index in [1.807, 2.05) is 61.6 Å². The second-order valence-corrected chi connectivity index (χ2v) is 10.8. The molecule has 0 spiro atoms. The second-order valence-electron chi connectivity index (χ2n) is 9.87. The first kappa shape index (κ1) is 30.2. The fourth-order valence-corrected chi connectivity index (χ4v) is 5.25. The summed E-state index contributed by atoms with van der Waals surface area (Å²) >= 11 is 1.41. The van der Waals surface area contributed by atoms with Gasteiger partial charge in [0, 0.05) is 43.1 Å². The van der Waals surface area contributed by atoms with Crippen LogP contribution >= 0.6 is 11.8 Å². The second kappa shape index (κ2) is 14.8. The van der Waals surface area contributed by atoms with Crippen molar-refractivity contribution in [1.29, 1.82) is 0 Å². The van der Waals surface area contributed by atoms with Crippen LogP contribution < -0.4 is 25.2 Å². The van der Waals surface area contributed by atoms with Gasteiger partial charge >= 0.3 is 0 Å². The molecule has 0 amide bonds. The Morgan fingerprint density at radius 3 is 2.55 bits per heavy atom. The molecule has 0 aliphatic rings. The lowest BCUT2D eigenvalue weighted by molar-refractivity contribution is 0.326. The molecule has 0 saturated carbocycles. The van der Waals surface area contributed by atoms with E-state index in [1.54, 1.807) is 31.6 Å². The molecule has 0 aliphatic heterocycles. The number of rotatable bonds is 13. The third-order valence-electron chi connectivity index (χ3n) is 6.85. The van der Waals surface area contributed by atoms with Crippen molar-refractivity contribution in [1.82, 2.24) is 15.0 Å². The van der Waals surface area contributed by atoms with Crippen LogP contribution in [-0.2, 0) is 12.3 Å². The van der Waals surface area contributed by atoms with E-state index in [9.17, 15) is 4.79 Å². The van der Waals surface area contributed by atoms with Crippen LogP contribution in [0, 0.1) is 6.57 Å². The molecule has 222 valence electrons. The van der Waals surface area contributed by atoms with Crippen LogP contribution in [-0.4, -0.2) is 42.3 Å². The van der Waals surface area contributed by atoms with Crippen molar-refractivity contribution < 1.29 is 9.47 Å². The van der Waals surface area contributed by atoms with Crippen LogP contribution in [0.2, 0.25) is 0 Å². The Bertz CT molecular complexity index is 1790. The minimum atomic E-state index is -0.459. The minimum absolute atomic E-state index is 0.0398. The highest BCUT2D eigenvalue weighted by Crippen LogP contribution is 2.30. The third-order valence-corrected chi connectivity index (χ3v) is 7.79. The van der Waals surface area contributed by atoms with Gasteiger partial charge in [0.1, 0.15) is 18.1 Å². The molecule has 3 aromatic carbocycles.